The van der Waals surface area contributed by atoms with Crippen LogP contribution in [0.3, 0.4) is 0 Å². The lowest BCUT2D eigenvalue weighted by Gasteiger charge is -2.17. The molecule has 5 nitrogen and oxygen atoms in total. The first-order chi connectivity index (χ1) is 12.9. The summed E-state index contributed by atoms with van der Waals surface area (Å²) in [6, 6.07) is 0.148. The van der Waals surface area contributed by atoms with Crippen LogP contribution < -0.4 is 10.9 Å². The maximum absolute atomic E-state index is 13.2. The van der Waals surface area contributed by atoms with Crippen molar-refractivity contribution in [2.24, 2.45) is 5.92 Å². The minimum Gasteiger partial charge on any atom is -0.353 e. The normalized spacial score (nSPS) is 17.5. The molecular weight excluding hydrogens is 378 g/mol. The van der Waals surface area contributed by atoms with Crippen molar-refractivity contribution < 1.29 is 4.79 Å². The van der Waals surface area contributed by atoms with E-state index < -0.39 is 0 Å². The van der Waals surface area contributed by atoms with Crippen molar-refractivity contribution in [3.63, 3.8) is 0 Å². The topological polar surface area (TPSA) is 64.0 Å². The zero-order chi connectivity index (χ0) is 19.6. The monoisotopic (exact) mass is 405 g/mol. The molecule has 0 radical (unpaired) electrons. The van der Waals surface area contributed by atoms with E-state index in [1.54, 1.807) is 22.0 Å². The van der Waals surface area contributed by atoms with E-state index in [0.29, 0.717) is 17.6 Å². The van der Waals surface area contributed by atoms with E-state index in [0.717, 1.165) is 35.9 Å². The van der Waals surface area contributed by atoms with Gasteiger partial charge in [0, 0.05) is 17.5 Å². The van der Waals surface area contributed by atoms with E-state index >= 15 is 0 Å². The third-order valence-electron chi connectivity index (χ3n) is 5.04. The molecule has 1 N–H and O–H groups in total. The summed E-state index contributed by atoms with van der Waals surface area (Å²) < 4.78 is 1.65. The van der Waals surface area contributed by atoms with Crippen LogP contribution in [0.4, 0.5) is 0 Å². The smallest absolute Gasteiger partial charge is 0.263 e. The van der Waals surface area contributed by atoms with Gasteiger partial charge in [-0.25, -0.2) is 4.98 Å². The van der Waals surface area contributed by atoms with Gasteiger partial charge in [-0.15, -0.1) is 17.9 Å². The van der Waals surface area contributed by atoms with Crippen molar-refractivity contribution in [2.45, 2.75) is 64.2 Å². The van der Waals surface area contributed by atoms with Gasteiger partial charge in [-0.1, -0.05) is 31.7 Å². The Bertz CT molecular complexity index is 916. The van der Waals surface area contributed by atoms with E-state index in [2.05, 4.69) is 18.8 Å². The summed E-state index contributed by atoms with van der Waals surface area (Å²) in [5.41, 5.74) is 1.19. The van der Waals surface area contributed by atoms with Crippen LogP contribution in [-0.4, -0.2) is 27.3 Å². The average molecular weight is 406 g/mol. The third kappa shape index (κ3) is 4.29. The highest BCUT2D eigenvalue weighted by Gasteiger charge is 2.24. The second kappa shape index (κ2) is 8.61. The number of thioether (sulfide) groups is 1. The lowest BCUT2D eigenvalue weighted by Crippen LogP contribution is -2.33. The van der Waals surface area contributed by atoms with Crippen LogP contribution in [0, 0.1) is 5.92 Å². The molecule has 7 heteroatoms. The van der Waals surface area contributed by atoms with E-state index in [9.17, 15) is 9.59 Å². The van der Waals surface area contributed by atoms with Crippen LogP contribution in [0.5, 0.6) is 0 Å². The number of carbonyl (C=O) groups excluding carboxylic acids is 1. The van der Waals surface area contributed by atoms with Crippen LogP contribution in [0.1, 0.15) is 44.1 Å². The molecule has 2 heterocycles. The van der Waals surface area contributed by atoms with E-state index in [1.807, 2.05) is 13.8 Å². The van der Waals surface area contributed by atoms with Crippen LogP contribution in [0.25, 0.3) is 10.2 Å². The molecule has 0 fully saturated rings. The molecule has 146 valence electrons. The molecule has 2 aromatic heterocycles. The van der Waals surface area contributed by atoms with Gasteiger partial charge in [0.15, 0.2) is 5.16 Å². The summed E-state index contributed by atoms with van der Waals surface area (Å²) >= 11 is 2.96. The third-order valence-corrected chi connectivity index (χ3v) is 7.17. The quantitative estimate of drug-likeness (QED) is 0.433. The highest BCUT2D eigenvalue weighted by Crippen LogP contribution is 2.36. The van der Waals surface area contributed by atoms with Gasteiger partial charge in [-0.05, 0) is 44.1 Å². The van der Waals surface area contributed by atoms with Gasteiger partial charge in [-0.3, -0.25) is 14.2 Å². The first-order valence-electron chi connectivity index (χ1n) is 9.52. The number of allylic oxidation sites excluding steroid dienone is 1. The van der Waals surface area contributed by atoms with Gasteiger partial charge < -0.3 is 5.32 Å². The molecule has 0 saturated carbocycles. The Kier molecular flexibility index (Phi) is 6.42. The number of amides is 1. The average Bonchev–Trinajstić information content (AvgIpc) is 2.99. The van der Waals surface area contributed by atoms with Crippen molar-refractivity contribution in [1.82, 2.24) is 14.9 Å². The SMILES string of the molecule is C=CCn1c(SCC(=O)NC(C)CC)nc2sc3c(c2c1=O)CCC(C)C3. The fourth-order valence-corrected chi connectivity index (χ4v) is 5.60. The molecule has 2 atom stereocenters. The van der Waals surface area contributed by atoms with Crippen molar-refractivity contribution in [3.05, 3.63) is 33.4 Å². The number of nitrogens with one attached hydrogen (secondary N) is 1. The second-order valence-corrected chi connectivity index (χ2v) is 9.32. The molecular formula is C20H27N3O2S2. The molecule has 2 unspecified atom stereocenters. The summed E-state index contributed by atoms with van der Waals surface area (Å²) in [4.78, 5) is 32.2. The van der Waals surface area contributed by atoms with Crippen LogP contribution in [0.15, 0.2) is 22.6 Å². The first kappa shape index (κ1) is 20.1. The predicted molar refractivity (Wildman–Crippen MR) is 114 cm³/mol. The number of carbonyl (C=O) groups is 1. The Morgan fingerprint density at radius 3 is 3.04 bits per heavy atom. The summed E-state index contributed by atoms with van der Waals surface area (Å²) in [5, 5.41) is 4.33. The van der Waals surface area contributed by atoms with Crippen molar-refractivity contribution in [2.75, 3.05) is 5.75 Å². The van der Waals surface area contributed by atoms with E-state index in [1.165, 1.54) is 22.2 Å². The highest BCUT2D eigenvalue weighted by molar-refractivity contribution is 7.99. The van der Waals surface area contributed by atoms with Crippen LogP contribution >= 0.6 is 23.1 Å². The largest absolute Gasteiger partial charge is 0.353 e. The molecule has 1 aliphatic carbocycles. The Morgan fingerprint density at radius 1 is 1.56 bits per heavy atom. The zero-order valence-electron chi connectivity index (χ0n) is 16.2. The lowest BCUT2D eigenvalue weighted by molar-refractivity contribution is -0.119. The fourth-order valence-electron chi connectivity index (χ4n) is 3.35. The number of aryl methyl sites for hydroxylation is 1. The predicted octanol–water partition coefficient (Wildman–Crippen LogP) is 3.78. The Morgan fingerprint density at radius 2 is 2.33 bits per heavy atom. The highest BCUT2D eigenvalue weighted by atomic mass is 32.2. The molecule has 2 aromatic rings. The lowest BCUT2D eigenvalue weighted by atomic mass is 9.89. The Hall–Kier alpha value is -1.60. The molecule has 0 bridgehead atoms. The van der Waals surface area contributed by atoms with Crippen LogP contribution in [0.2, 0.25) is 0 Å². The summed E-state index contributed by atoms with van der Waals surface area (Å²) in [6.07, 6.45) is 5.69. The summed E-state index contributed by atoms with van der Waals surface area (Å²) in [6.45, 7) is 10.5. The van der Waals surface area contributed by atoms with Crippen molar-refractivity contribution >= 4 is 39.2 Å². The minimum atomic E-state index is -0.0341. The van der Waals surface area contributed by atoms with Crippen molar-refractivity contribution in [1.29, 1.82) is 0 Å². The van der Waals surface area contributed by atoms with Gasteiger partial charge in [0.1, 0.15) is 4.83 Å². The molecule has 0 aliphatic heterocycles. The van der Waals surface area contributed by atoms with Gasteiger partial charge in [-0.2, -0.15) is 0 Å². The molecule has 0 aromatic carbocycles. The standard InChI is InChI=1S/C20H27N3O2S2/c1-5-9-23-19(25)17-14-8-7-12(3)10-15(14)27-18(17)22-20(23)26-11-16(24)21-13(4)6-2/h5,12-13H,1,6-11H2,2-4H3,(H,21,24). The van der Waals surface area contributed by atoms with Crippen LogP contribution in [-0.2, 0) is 24.2 Å². The van der Waals surface area contributed by atoms with E-state index in [-0.39, 0.29) is 23.3 Å². The van der Waals surface area contributed by atoms with Gasteiger partial charge in [0.05, 0.1) is 11.1 Å². The second-order valence-electron chi connectivity index (χ2n) is 7.30. The van der Waals surface area contributed by atoms with Gasteiger partial charge >= 0.3 is 0 Å². The maximum atomic E-state index is 13.2. The first-order valence-corrected chi connectivity index (χ1v) is 11.3. The number of aromatic nitrogens is 2. The minimum absolute atomic E-state index is 0.00297. The summed E-state index contributed by atoms with van der Waals surface area (Å²) in [7, 11) is 0. The van der Waals surface area contributed by atoms with Gasteiger partial charge in [0.2, 0.25) is 5.91 Å². The number of nitrogens with zero attached hydrogens (tertiary/aromatic N) is 2. The molecule has 3 rings (SSSR count). The summed E-state index contributed by atoms with van der Waals surface area (Å²) in [5.74, 6) is 0.869. The fraction of sp³-hybridized carbons (Fsp3) is 0.550. The number of rotatable bonds is 7. The van der Waals surface area contributed by atoms with Crippen molar-refractivity contribution in [3.8, 4) is 0 Å². The molecule has 27 heavy (non-hydrogen) atoms. The molecule has 1 amide bonds. The molecule has 1 aliphatic rings. The number of thiophene rings is 1. The maximum Gasteiger partial charge on any atom is 0.263 e. The Balaban J connectivity index is 1.95. The number of hydrogen-bond acceptors (Lipinski definition) is 5. The zero-order valence-corrected chi connectivity index (χ0v) is 17.8. The van der Waals surface area contributed by atoms with Gasteiger partial charge in [0.25, 0.3) is 5.56 Å². The molecule has 0 spiro atoms. The molecule has 0 saturated heterocycles. The Labute approximate surface area is 168 Å². The number of fused-ring (bicyclic) bond motifs is 3. The van der Waals surface area contributed by atoms with E-state index in [4.69, 9.17) is 4.98 Å². The number of hydrogen-bond donors (Lipinski definition) is 1.